The molecular formula is C16H26N2O. The summed E-state index contributed by atoms with van der Waals surface area (Å²) in [5, 5.41) is 0. The fraction of sp³-hybridized carbons (Fsp3) is 0.562. The molecule has 0 aromatic heterocycles. The third-order valence-corrected chi connectivity index (χ3v) is 3.38. The molecule has 1 atom stereocenters. The Balaban J connectivity index is 2.84. The molecule has 2 N–H and O–H groups in total. The second kappa shape index (κ2) is 6.71. The van der Waals surface area contributed by atoms with Crippen LogP contribution in [0.1, 0.15) is 38.8 Å². The first-order valence-corrected chi connectivity index (χ1v) is 6.94. The molecule has 106 valence electrons. The topological polar surface area (TPSA) is 46.3 Å². The van der Waals surface area contributed by atoms with Crippen LogP contribution in [0.5, 0.6) is 0 Å². The normalized spacial score (nSPS) is 12.8. The first kappa shape index (κ1) is 15.7. The van der Waals surface area contributed by atoms with Crippen LogP contribution < -0.4 is 5.73 Å². The Kier molecular flexibility index (Phi) is 5.55. The molecule has 19 heavy (non-hydrogen) atoms. The van der Waals surface area contributed by atoms with Crippen molar-refractivity contribution >= 4 is 5.91 Å². The van der Waals surface area contributed by atoms with E-state index in [1.165, 1.54) is 5.56 Å². The zero-order valence-corrected chi connectivity index (χ0v) is 12.7. The summed E-state index contributed by atoms with van der Waals surface area (Å²) in [6.45, 7) is 10.7. The van der Waals surface area contributed by atoms with Crippen LogP contribution in [0.4, 0.5) is 0 Å². The lowest BCUT2D eigenvalue weighted by Crippen LogP contribution is -2.48. The Labute approximate surface area is 116 Å². The largest absolute Gasteiger partial charge is 0.335 e. The highest BCUT2D eigenvalue weighted by molar-refractivity contribution is 5.82. The first-order chi connectivity index (χ1) is 8.82. The molecule has 0 fully saturated rings. The second-order valence-corrected chi connectivity index (χ2v) is 5.82. The number of nitrogens with zero attached hydrogens (tertiary/aromatic N) is 1. The predicted molar refractivity (Wildman–Crippen MR) is 79.7 cm³/mol. The Morgan fingerprint density at radius 2 is 1.68 bits per heavy atom. The van der Waals surface area contributed by atoms with Gasteiger partial charge in [-0.05, 0) is 32.3 Å². The van der Waals surface area contributed by atoms with E-state index < -0.39 is 6.04 Å². The van der Waals surface area contributed by atoms with E-state index in [4.69, 9.17) is 5.73 Å². The monoisotopic (exact) mass is 262 g/mol. The average Bonchev–Trinajstić information content (AvgIpc) is 2.35. The van der Waals surface area contributed by atoms with E-state index in [0.29, 0.717) is 6.54 Å². The molecule has 3 heteroatoms. The number of nitrogens with two attached hydrogens (primary N) is 1. The van der Waals surface area contributed by atoms with Gasteiger partial charge in [-0.2, -0.15) is 0 Å². The highest BCUT2D eigenvalue weighted by atomic mass is 16.2. The van der Waals surface area contributed by atoms with E-state index in [1.54, 1.807) is 0 Å². The molecule has 0 spiro atoms. The number of aryl methyl sites for hydroxylation is 1. The SMILES string of the molecule is Cc1ccc(CN(C(=O)C(N)C(C)C)C(C)C)cc1. The molecule has 0 aliphatic rings. The maximum atomic E-state index is 12.4. The van der Waals surface area contributed by atoms with Gasteiger partial charge in [0.25, 0.3) is 0 Å². The Bertz CT molecular complexity index is 409. The maximum Gasteiger partial charge on any atom is 0.240 e. The third-order valence-electron chi connectivity index (χ3n) is 3.38. The summed E-state index contributed by atoms with van der Waals surface area (Å²) in [5.74, 6) is 0.192. The number of hydrogen-bond acceptors (Lipinski definition) is 2. The molecule has 0 saturated heterocycles. The van der Waals surface area contributed by atoms with Gasteiger partial charge in [0, 0.05) is 12.6 Å². The molecule has 0 radical (unpaired) electrons. The predicted octanol–water partition coefficient (Wildman–Crippen LogP) is 2.72. The van der Waals surface area contributed by atoms with Gasteiger partial charge in [-0.15, -0.1) is 0 Å². The Morgan fingerprint density at radius 1 is 1.16 bits per heavy atom. The van der Waals surface area contributed by atoms with Crippen LogP contribution in [-0.4, -0.2) is 22.9 Å². The molecule has 0 saturated carbocycles. The number of rotatable bonds is 5. The van der Waals surface area contributed by atoms with Crippen molar-refractivity contribution < 1.29 is 4.79 Å². The standard InChI is InChI=1S/C16H26N2O/c1-11(2)15(17)16(19)18(12(3)4)10-14-8-6-13(5)7-9-14/h6-9,11-12,15H,10,17H2,1-5H3. The molecule has 1 rings (SSSR count). The molecule has 0 aliphatic carbocycles. The smallest absolute Gasteiger partial charge is 0.240 e. The molecule has 3 nitrogen and oxygen atoms in total. The van der Waals surface area contributed by atoms with E-state index in [2.05, 4.69) is 31.2 Å². The molecular weight excluding hydrogens is 236 g/mol. The van der Waals surface area contributed by atoms with Crippen LogP contribution in [0.3, 0.4) is 0 Å². The van der Waals surface area contributed by atoms with Crippen molar-refractivity contribution in [3.05, 3.63) is 35.4 Å². The van der Waals surface area contributed by atoms with E-state index >= 15 is 0 Å². The summed E-state index contributed by atoms with van der Waals surface area (Å²) < 4.78 is 0. The second-order valence-electron chi connectivity index (χ2n) is 5.82. The summed E-state index contributed by atoms with van der Waals surface area (Å²) >= 11 is 0. The van der Waals surface area contributed by atoms with Gasteiger partial charge < -0.3 is 10.6 Å². The van der Waals surface area contributed by atoms with Crippen molar-refractivity contribution in [2.24, 2.45) is 11.7 Å². The van der Waals surface area contributed by atoms with Gasteiger partial charge in [0.15, 0.2) is 0 Å². The van der Waals surface area contributed by atoms with Crippen molar-refractivity contribution in [1.82, 2.24) is 4.90 Å². The first-order valence-electron chi connectivity index (χ1n) is 6.94. The summed E-state index contributed by atoms with van der Waals surface area (Å²) in [5.41, 5.74) is 8.35. The van der Waals surface area contributed by atoms with Crippen LogP contribution in [-0.2, 0) is 11.3 Å². The van der Waals surface area contributed by atoms with Crippen LogP contribution in [0.2, 0.25) is 0 Å². The van der Waals surface area contributed by atoms with E-state index in [1.807, 2.05) is 32.6 Å². The van der Waals surface area contributed by atoms with Crippen LogP contribution in [0, 0.1) is 12.8 Å². The van der Waals surface area contributed by atoms with Crippen LogP contribution >= 0.6 is 0 Å². The minimum absolute atomic E-state index is 0.0329. The highest BCUT2D eigenvalue weighted by Crippen LogP contribution is 2.13. The fourth-order valence-electron chi connectivity index (χ4n) is 1.88. The molecule has 1 aromatic carbocycles. The zero-order valence-electron chi connectivity index (χ0n) is 12.7. The van der Waals surface area contributed by atoms with Gasteiger partial charge in [0.1, 0.15) is 0 Å². The molecule has 1 aromatic rings. The Morgan fingerprint density at radius 3 is 2.11 bits per heavy atom. The quantitative estimate of drug-likeness (QED) is 0.887. The van der Waals surface area contributed by atoms with Gasteiger partial charge in [0.05, 0.1) is 6.04 Å². The van der Waals surface area contributed by atoms with Gasteiger partial charge >= 0.3 is 0 Å². The molecule has 0 aliphatic heterocycles. The van der Waals surface area contributed by atoms with Crippen molar-refractivity contribution in [2.75, 3.05) is 0 Å². The summed E-state index contributed by atoms with van der Waals surface area (Å²) in [4.78, 5) is 14.3. The fourth-order valence-corrected chi connectivity index (χ4v) is 1.88. The van der Waals surface area contributed by atoms with Gasteiger partial charge in [0.2, 0.25) is 5.91 Å². The van der Waals surface area contributed by atoms with Crippen LogP contribution in [0.25, 0.3) is 0 Å². The number of hydrogen-bond donors (Lipinski definition) is 1. The van der Waals surface area contributed by atoms with Crippen molar-refractivity contribution in [3.8, 4) is 0 Å². The number of benzene rings is 1. The van der Waals surface area contributed by atoms with Gasteiger partial charge in [-0.25, -0.2) is 0 Å². The van der Waals surface area contributed by atoms with Gasteiger partial charge in [-0.3, -0.25) is 4.79 Å². The van der Waals surface area contributed by atoms with E-state index in [-0.39, 0.29) is 17.9 Å². The van der Waals surface area contributed by atoms with Crippen molar-refractivity contribution in [2.45, 2.75) is 53.2 Å². The van der Waals surface area contributed by atoms with E-state index in [9.17, 15) is 4.79 Å². The lowest BCUT2D eigenvalue weighted by molar-refractivity contribution is -0.136. The molecule has 0 bridgehead atoms. The summed E-state index contributed by atoms with van der Waals surface area (Å²) in [6.07, 6.45) is 0. The third kappa shape index (κ3) is 4.35. The molecule has 0 heterocycles. The van der Waals surface area contributed by atoms with Gasteiger partial charge in [-0.1, -0.05) is 43.7 Å². The number of carbonyl (C=O) groups excluding carboxylic acids is 1. The minimum atomic E-state index is -0.423. The van der Waals surface area contributed by atoms with Crippen molar-refractivity contribution in [1.29, 1.82) is 0 Å². The minimum Gasteiger partial charge on any atom is -0.335 e. The average molecular weight is 262 g/mol. The number of amides is 1. The molecule has 1 unspecified atom stereocenters. The lowest BCUT2D eigenvalue weighted by Gasteiger charge is -2.30. The summed E-state index contributed by atoms with van der Waals surface area (Å²) in [7, 11) is 0. The van der Waals surface area contributed by atoms with Crippen molar-refractivity contribution in [3.63, 3.8) is 0 Å². The highest BCUT2D eigenvalue weighted by Gasteiger charge is 2.25. The number of carbonyl (C=O) groups is 1. The maximum absolute atomic E-state index is 12.4. The summed E-state index contributed by atoms with van der Waals surface area (Å²) in [6, 6.07) is 8.01. The zero-order chi connectivity index (χ0) is 14.6. The molecule has 1 amide bonds. The van der Waals surface area contributed by atoms with Crippen LogP contribution in [0.15, 0.2) is 24.3 Å². The van der Waals surface area contributed by atoms with E-state index in [0.717, 1.165) is 5.56 Å². The lowest BCUT2D eigenvalue weighted by atomic mass is 10.0. The Hall–Kier alpha value is -1.35.